The zero-order chi connectivity index (χ0) is 14.7. The molecule has 1 atom stereocenters. The van der Waals surface area contributed by atoms with Crippen LogP contribution in [0.1, 0.15) is 15.2 Å². The minimum Gasteiger partial charge on any atom is -0.369 e. The van der Waals surface area contributed by atoms with Crippen molar-refractivity contribution >= 4 is 23.1 Å². The van der Waals surface area contributed by atoms with Crippen LogP contribution in [-0.2, 0) is 13.0 Å². The highest BCUT2D eigenvalue weighted by atomic mass is 32.1. The second-order valence-corrected chi connectivity index (χ2v) is 6.27. The molecule has 0 saturated carbocycles. The summed E-state index contributed by atoms with van der Waals surface area (Å²) in [6.45, 7) is 3.55. The van der Waals surface area contributed by atoms with Gasteiger partial charge in [0.15, 0.2) is 0 Å². The van der Waals surface area contributed by atoms with Gasteiger partial charge in [-0.2, -0.15) is 5.10 Å². The molecular formula is C14H19N5OS. The molecule has 0 spiro atoms. The highest BCUT2D eigenvalue weighted by Crippen LogP contribution is 2.21. The van der Waals surface area contributed by atoms with Crippen molar-refractivity contribution in [3.05, 3.63) is 34.2 Å². The lowest BCUT2D eigenvalue weighted by Gasteiger charge is -2.25. The molecule has 0 unspecified atom stereocenters. The predicted molar refractivity (Wildman–Crippen MR) is 83.6 cm³/mol. The van der Waals surface area contributed by atoms with Gasteiger partial charge in [0.05, 0.1) is 6.20 Å². The number of aromatic nitrogens is 2. The zero-order valence-corrected chi connectivity index (χ0v) is 12.5. The third-order valence-electron chi connectivity index (χ3n) is 3.66. The fraction of sp³-hybridized carbons (Fsp3) is 0.429. The van der Waals surface area contributed by atoms with Crippen LogP contribution >= 0.6 is 11.3 Å². The summed E-state index contributed by atoms with van der Waals surface area (Å²) in [5, 5.41) is 13.1. The molecule has 2 aromatic heterocycles. The van der Waals surface area contributed by atoms with Crippen LogP contribution in [0.3, 0.4) is 0 Å². The van der Waals surface area contributed by atoms with Gasteiger partial charge in [0, 0.05) is 30.4 Å². The largest absolute Gasteiger partial charge is 0.369 e. The third kappa shape index (κ3) is 3.25. The van der Waals surface area contributed by atoms with Gasteiger partial charge in [-0.1, -0.05) is 6.07 Å². The summed E-state index contributed by atoms with van der Waals surface area (Å²) >= 11 is 1.79. The number of nitrogens with one attached hydrogen (secondary N) is 2. The van der Waals surface area contributed by atoms with Crippen molar-refractivity contribution in [1.29, 1.82) is 0 Å². The number of fused-ring (bicyclic) bond motifs is 1. The number of anilines is 1. The number of hydrogen-bond donors (Lipinski definition) is 3. The van der Waals surface area contributed by atoms with Gasteiger partial charge in [0.25, 0.3) is 5.91 Å². The molecule has 3 heterocycles. The molecule has 112 valence electrons. The topological polar surface area (TPSA) is 85.0 Å². The number of nitrogens with two attached hydrogens (primary N) is 1. The molecule has 0 aliphatic carbocycles. The molecule has 0 saturated heterocycles. The van der Waals surface area contributed by atoms with Gasteiger partial charge in [-0.3, -0.25) is 4.79 Å². The number of amides is 1. The number of nitrogens with zero attached hydrogens (tertiary/aromatic N) is 2. The quantitative estimate of drug-likeness (QED) is 0.693. The monoisotopic (exact) mass is 305 g/mol. The lowest BCUT2D eigenvalue weighted by Crippen LogP contribution is -2.36. The van der Waals surface area contributed by atoms with E-state index in [1.54, 1.807) is 11.3 Å². The standard InChI is InChI=1S/C14H19N5OS/c15-13(20)12-8-18-19-9-10(7-17-14(12)19)6-16-4-3-11-2-1-5-21-11/h1-2,5,8,10,16-17H,3-4,6-7,9H2,(H2,15,20)/t10-/m1/s1. The first-order chi connectivity index (χ1) is 10.2. The molecule has 0 aromatic carbocycles. The van der Waals surface area contributed by atoms with E-state index in [0.29, 0.717) is 11.5 Å². The molecule has 1 aliphatic heterocycles. The molecule has 2 aromatic rings. The Kier molecular flexibility index (Phi) is 4.21. The van der Waals surface area contributed by atoms with E-state index in [-0.39, 0.29) is 0 Å². The highest BCUT2D eigenvalue weighted by molar-refractivity contribution is 7.09. The van der Waals surface area contributed by atoms with Gasteiger partial charge in [-0.15, -0.1) is 11.3 Å². The number of rotatable bonds is 6. The molecular weight excluding hydrogens is 286 g/mol. The van der Waals surface area contributed by atoms with Gasteiger partial charge in [0.1, 0.15) is 11.4 Å². The van der Waals surface area contributed by atoms with E-state index in [2.05, 4.69) is 33.2 Å². The predicted octanol–water partition coefficient (Wildman–Crippen LogP) is 0.917. The van der Waals surface area contributed by atoms with Crippen molar-refractivity contribution in [2.24, 2.45) is 11.7 Å². The maximum Gasteiger partial charge on any atom is 0.254 e. The zero-order valence-electron chi connectivity index (χ0n) is 11.7. The summed E-state index contributed by atoms with van der Waals surface area (Å²) < 4.78 is 1.83. The Labute approximate surface area is 127 Å². The Balaban J connectivity index is 1.47. The van der Waals surface area contributed by atoms with E-state index < -0.39 is 5.91 Å². The third-order valence-corrected chi connectivity index (χ3v) is 4.59. The summed E-state index contributed by atoms with van der Waals surface area (Å²) in [6.07, 6.45) is 2.61. The minimum atomic E-state index is -0.434. The van der Waals surface area contributed by atoms with Crippen LogP contribution in [-0.4, -0.2) is 35.3 Å². The summed E-state index contributed by atoms with van der Waals surface area (Å²) in [5.74, 6) is 0.773. The average molecular weight is 305 g/mol. The summed E-state index contributed by atoms with van der Waals surface area (Å²) in [5.41, 5.74) is 5.79. The maximum atomic E-state index is 11.3. The van der Waals surface area contributed by atoms with Crippen LogP contribution in [0.2, 0.25) is 0 Å². The smallest absolute Gasteiger partial charge is 0.254 e. The van der Waals surface area contributed by atoms with Gasteiger partial charge < -0.3 is 16.4 Å². The first-order valence-corrected chi connectivity index (χ1v) is 7.94. The Hall–Kier alpha value is -1.86. The lowest BCUT2D eigenvalue weighted by atomic mass is 10.1. The normalized spacial score (nSPS) is 17.2. The second kappa shape index (κ2) is 6.28. The number of carbonyl (C=O) groups is 1. The van der Waals surface area contributed by atoms with Crippen LogP contribution in [0.5, 0.6) is 0 Å². The van der Waals surface area contributed by atoms with Crippen LogP contribution in [0, 0.1) is 5.92 Å². The van der Waals surface area contributed by atoms with Crippen LogP contribution in [0.4, 0.5) is 5.82 Å². The Bertz CT molecular complexity index is 607. The Morgan fingerprint density at radius 1 is 1.62 bits per heavy atom. The Morgan fingerprint density at radius 3 is 3.29 bits per heavy atom. The second-order valence-electron chi connectivity index (χ2n) is 5.23. The molecule has 21 heavy (non-hydrogen) atoms. The average Bonchev–Trinajstić information content (AvgIpc) is 3.12. The number of carbonyl (C=O) groups excluding carboxylic acids is 1. The first kappa shape index (κ1) is 14.1. The summed E-state index contributed by atoms with van der Waals surface area (Å²) in [7, 11) is 0. The highest BCUT2D eigenvalue weighted by Gasteiger charge is 2.23. The molecule has 0 radical (unpaired) electrons. The van der Waals surface area contributed by atoms with Gasteiger partial charge >= 0.3 is 0 Å². The molecule has 7 heteroatoms. The number of hydrogen-bond acceptors (Lipinski definition) is 5. The first-order valence-electron chi connectivity index (χ1n) is 7.06. The van der Waals surface area contributed by atoms with Crippen molar-refractivity contribution in [3.63, 3.8) is 0 Å². The van der Waals surface area contributed by atoms with Crippen molar-refractivity contribution in [2.75, 3.05) is 25.0 Å². The van der Waals surface area contributed by atoms with Gasteiger partial charge in [0.2, 0.25) is 0 Å². The molecule has 0 fully saturated rings. The summed E-state index contributed by atoms with van der Waals surface area (Å²) in [6, 6.07) is 4.25. The molecule has 3 rings (SSSR count). The number of primary amides is 1. The molecule has 4 N–H and O–H groups in total. The Morgan fingerprint density at radius 2 is 2.52 bits per heavy atom. The lowest BCUT2D eigenvalue weighted by molar-refractivity contribution is 0.100. The molecule has 1 aliphatic rings. The molecule has 6 nitrogen and oxygen atoms in total. The summed E-state index contributed by atoms with van der Waals surface area (Å²) in [4.78, 5) is 12.7. The van der Waals surface area contributed by atoms with Crippen molar-refractivity contribution in [1.82, 2.24) is 15.1 Å². The van der Waals surface area contributed by atoms with E-state index >= 15 is 0 Å². The van der Waals surface area contributed by atoms with E-state index in [1.165, 1.54) is 11.1 Å². The van der Waals surface area contributed by atoms with Gasteiger partial charge in [-0.25, -0.2) is 4.68 Å². The molecule has 0 bridgehead atoms. The van der Waals surface area contributed by atoms with E-state index in [1.807, 2.05) is 4.68 Å². The fourth-order valence-corrected chi connectivity index (χ4v) is 3.26. The minimum absolute atomic E-state index is 0.434. The SMILES string of the molecule is NC(=O)c1cnn2c1NC[C@@H](CNCCc1cccs1)C2. The van der Waals surface area contributed by atoms with Crippen molar-refractivity contribution in [2.45, 2.75) is 13.0 Å². The van der Waals surface area contributed by atoms with E-state index in [0.717, 1.165) is 38.4 Å². The maximum absolute atomic E-state index is 11.3. The number of thiophene rings is 1. The molecule has 1 amide bonds. The van der Waals surface area contributed by atoms with E-state index in [4.69, 9.17) is 5.73 Å². The van der Waals surface area contributed by atoms with Crippen molar-refractivity contribution in [3.8, 4) is 0 Å². The fourth-order valence-electron chi connectivity index (χ4n) is 2.55. The van der Waals surface area contributed by atoms with Gasteiger partial charge in [-0.05, 0) is 24.4 Å². The van der Waals surface area contributed by atoms with E-state index in [9.17, 15) is 4.79 Å². The van der Waals surface area contributed by atoms with Crippen LogP contribution < -0.4 is 16.4 Å². The van der Waals surface area contributed by atoms with Crippen LogP contribution in [0.15, 0.2) is 23.7 Å². The van der Waals surface area contributed by atoms with Crippen LogP contribution in [0.25, 0.3) is 0 Å². The van der Waals surface area contributed by atoms with Crippen molar-refractivity contribution < 1.29 is 4.79 Å².